The normalized spacial score (nSPS) is 10.8. The third-order valence-electron chi connectivity index (χ3n) is 2.60. The van der Waals surface area contributed by atoms with E-state index in [4.69, 9.17) is 5.73 Å². The quantitative estimate of drug-likeness (QED) is 0.664. The molecule has 3 aromatic rings. The summed E-state index contributed by atoms with van der Waals surface area (Å²) in [6.45, 7) is 0. The molecule has 0 saturated carbocycles. The van der Waals surface area contributed by atoms with Crippen molar-refractivity contribution in [3.63, 3.8) is 0 Å². The summed E-state index contributed by atoms with van der Waals surface area (Å²) >= 11 is 6.53. The van der Waals surface area contributed by atoms with Crippen LogP contribution in [0, 0.1) is 0 Å². The zero-order valence-corrected chi connectivity index (χ0v) is 12.9. The maximum atomic E-state index is 12.2. The van der Waals surface area contributed by atoms with Gasteiger partial charge < -0.3 is 11.1 Å². The molecular weight excluding hydrogens is 344 g/mol. The van der Waals surface area contributed by atoms with Crippen molar-refractivity contribution in [3.05, 3.63) is 45.1 Å². The van der Waals surface area contributed by atoms with Crippen LogP contribution in [-0.4, -0.2) is 5.91 Å². The second-order valence-electron chi connectivity index (χ2n) is 3.95. The van der Waals surface area contributed by atoms with Gasteiger partial charge in [0.15, 0.2) is 0 Å². The van der Waals surface area contributed by atoms with Crippen LogP contribution >= 0.6 is 38.6 Å². The highest BCUT2D eigenvalue weighted by atomic mass is 79.9. The van der Waals surface area contributed by atoms with Crippen LogP contribution in [0.5, 0.6) is 0 Å². The summed E-state index contributed by atoms with van der Waals surface area (Å²) in [5.74, 6) is -0.111. The Morgan fingerprint density at radius 1 is 1.21 bits per heavy atom. The Hall–Kier alpha value is -1.37. The van der Waals surface area contributed by atoms with Crippen LogP contribution < -0.4 is 11.1 Å². The van der Waals surface area contributed by atoms with Crippen molar-refractivity contribution in [2.45, 2.75) is 0 Å². The van der Waals surface area contributed by atoms with Gasteiger partial charge >= 0.3 is 0 Å². The molecule has 0 aliphatic rings. The fourth-order valence-electron chi connectivity index (χ4n) is 1.70. The summed E-state index contributed by atoms with van der Waals surface area (Å²) in [5.41, 5.74) is 7.02. The van der Waals surface area contributed by atoms with Gasteiger partial charge in [-0.1, -0.05) is 0 Å². The molecule has 19 heavy (non-hydrogen) atoms. The average Bonchev–Trinajstić information content (AvgIpc) is 2.94. The van der Waals surface area contributed by atoms with Gasteiger partial charge in [-0.3, -0.25) is 4.79 Å². The van der Waals surface area contributed by atoms with E-state index >= 15 is 0 Å². The highest BCUT2D eigenvalue weighted by Gasteiger charge is 2.12. The number of carbonyl (C=O) groups is 1. The highest BCUT2D eigenvalue weighted by Crippen LogP contribution is 2.31. The van der Waals surface area contributed by atoms with Crippen molar-refractivity contribution < 1.29 is 4.79 Å². The molecule has 1 amide bonds. The van der Waals surface area contributed by atoms with E-state index in [0.29, 0.717) is 16.3 Å². The number of nitrogens with two attached hydrogens (primary N) is 1. The first-order valence-corrected chi connectivity index (χ1v) is 7.96. The van der Waals surface area contributed by atoms with E-state index in [0.717, 1.165) is 13.9 Å². The summed E-state index contributed by atoms with van der Waals surface area (Å²) < 4.78 is 3.09. The first-order valence-electron chi connectivity index (χ1n) is 5.47. The van der Waals surface area contributed by atoms with Crippen molar-refractivity contribution in [2.24, 2.45) is 0 Å². The van der Waals surface area contributed by atoms with Crippen molar-refractivity contribution in [2.75, 3.05) is 11.1 Å². The van der Waals surface area contributed by atoms with Gasteiger partial charge in [-0.05, 0) is 51.6 Å². The minimum Gasteiger partial charge on any atom is -0.399 e. The van der Waals surface area contributed by atoms with E-state index in [-0.39, 0.29) is 5.91 Å². The molecule has 2 aromatic heterocycles. The summed E-state index contributed by atoms with van der Waals surface area (Å²) in [6, 6.07) is 9.27. The molecule has 96 valence electrons. The second kappa shape index (κ2) is 4.96. The van der Waals surface area contributed by atoms with Gasteiger partial charge in [0.05, 0.1) is 10.6 Å². The van der Waals surface area contributed by atoms with Crippen molar-refractivity contribution in [1.29, 1.82) is 0 Å². The first-order chi connectivity index (χ1) is 9.13. The van der Waals surface area contributed by atoms with E-state index < -0.39 is 0 Å². The maximum Gasteiger partial charge on any atom is 0.265 e. The fourth-order valence-corrected chi connectivity index (χ4v) is 4.05. The molecule has 3 rings (SSSR count). The second-order valence-corrected chi connectivity index (χ2v) is 6.84. The Morgan fingerprint density at radius 2 is 2.05 bits per heavy atom. The third kappa shape index (κ3) is 2.51. The fraction of sp³-hybridized carbons (Fsp3) is 0. The number of hydrogen-bond donors (Lipinski definition) is 2. The number of hydrogen-bond acceptors (Lipinski definition) is 4. The van der Waals surface area contributed by atoms with E-state index in [9.17, 15) is 4.79 Å². The number of nitrogens with one attached hydrogen (secondary N) is 1. The number of thiophene rings is 2. The standard InChI is InChI=1S/C13H9BrN2OS2/c14-8-2-1-7(15)5-9(8)16-13(17)12-6-11-10(19-12)3-4-18-11/h1-6H,15H2,(H,16,17). The molecule has 0 fully saturated rings. The number of benzene rings is 1. The van der Waals surface area contributed by atoms with E-state index in [1.807, 2.05) is 23.6 Å². The SMILES string of the molecule is Nc1ccc(Br)c(NC(=O)c2cc3sccc3s2)c1. The summed E-state index contributed by atoms with van der Waals surface area (Å²) in [5, 5.41) is 4.89. The van der Waals surface area contributed by atoms with E-state index in [2.05, 4.69) is 21.2 Å². The Morgan fingerprint density at radius 3 is 2.84 bits per heavy atom. The third-order valence-corrected chi connectivity index (χ3v) is 5.39. The first kappa shape index (κ1) is 12.7. The molecule has 0 atom stereocenters. The predicted octanol–water partition coefficient (Wildman–Crippen LogP) is 4.56. The smallest absolute Gasteiger partial charge is 0.265 e. The Labute approximate surface area is 126 Å². The lowest BCUT2D eigenvalue weighted by Crippen LogP contribution is -2.10. The molecule has 3 N–H and O–H groups in total. The van der Waals surface area contributed by atoms with Crippen molar-refractivity contribution in [1.82, 2.24) is 0 Å². The molecular formula is C13H9BrN2OS2. The number of rotatable bonds is 2. The van der Waals surface area contributed by atoms with Gasteiger partial charge in [0.1, 0.15) is 0 Å². The van der Waals surface area contributed by atoms with Gasteiger partial charge in [0.25, 0.3) is 5.91 Å². The van der Waals surface area contributed by atoms with E-state index in [1.54, 1.807) is 23.5 Å². The molecule has 0 spiro atoms. The largest absolute Gasteiger partial charge is 0.399 e. The number of anilines is 2. The Kier molecular flexibility index (Phi) is 3.30. The lowest BCUT2D eigenvalue weighted by Gasteiger charge is -2.06. The maximum absolute atomic E-state index is 12.2. The Bertz CT molecular complexity index is 734. The molecule has 0 radical (unpaired) electrons. The Balaban J connectivity index is 1.88. The lowest BCUT2D eigenvalue weighted by molar-refractivity contribution is 0.103. The molecule has 0 aliphatic heterocycles. The van der Waals surface area contributed by atoms with Crippen LogP contribution in [-0.2, 0) is 0 Å². The van der Waals surface area contributed by atoms with Crippen LogP contribution in [0.4, 0.5) is 11.4 Å². The lowest BCUT2D eigenvalue weighted by atomic mass is 10.3. The number of carbonyl (C=O) groups excluding carboxylic acids is 1. The van der Waals surface area contributed by atoms with Gasteiger partial charge in [0.2, 0.25) is 0 Å². The molecule has 1 aromatic carbocycles. The zero-order valence-electron chi connectivity index (χ0n) is 9.64. The zero-order chi connectivity index (χ0) is 13.4. The van der Waals surface area contributed by atoms with E-state index in [1.165, 1.54) is 11.3 Å². The molecule has 0 aliphatic carbocycles. The average molecular weight is 353 g/mol. The number of amides is 1. The van der Waals surface area contributed by atoms with Gasteiger partial charge in [0, 0.05) is 19.6 Å². The minimum absolute atomic E-state index is 0.111. The molecule has 0 saturated heterocycles. The molecule has 6 heteroatoms. The van der Waals surface area contributed by atoms with Gasteiger partial charge in [-0.2, -0.15) is 0 Å². The number of nitrogen functional groups attached to an aromatic ring is 1. The monoisotopic (exact) mass is 352 g/mol. The van der Waals surface area contributed by atoms with Crippen molar-refractivity contribution in [3.8, 4) is 0 Å². The molecule has 0 bridgehead atoms. The van der Waals surface area contributed by atoms with Crippen LogP contribution in [0.25, 0.3) is 9.40 Å². The predicted molar refractivity (Wildman–Crippen MR) is 86.2 cm³/mol. The topological polar surface area (TPSA) is 55.1 Å². The number of halogens is 1. The minimum atomic E-state index is -0.111. The van der Waals surface area contributed by atoms with Crippen molar-refractivity contribution >= 4 is 65.3 Å². The van der Waals surface area contributed by atoms with Gasteiger partial charge in [-0.15, -0.1) is 22.7 Å². The van der Waals surface area contributed by atoms with Crippen LogP contribution in [0.2, 0.25) is 0 Å². The molecule has 0 unspecified atom stereocenters. The van der Waals surface area contributed by atoms with Crippen LogP contribution in [0.1, 0.15) is 9.67 Å². The molecule has 2 heterocycles. The van der Waals surface area contributed by atoms with Crippen LogP contribution in [0.3, 0.4) is 0 Å². The molecule has 3 nitrogen and oxygen atoms in total. The summed E-state index contributed by atoms with van der Waals surface area (Å²) in [4.78, 5) is 12.9. The van der Waals surface area contributed by atoms with Crippen LogP contribution in [0.15, 0.2) is 40.2 Å². The summed E-state index contributed by atoms with van der Waals surface area (Å²) in [6.07, 6.45) is 0. The highest BCUT2D eigenvalue weighted by molar-refractivity contribution is 9.10. The van der Waals surface area contributed by atoms with Gasteiger partial charge in [-0.25, -0.2) is 0 Å². The summed E-state index contributed by atoms with van der Waals surface area (Å²) in [7, 11) is 0. The number of fused-ring (bicyclic) bond motifs is 1.